The summed E-state index contributed by atoms with van der Waals surface area (Å²) < 4.78 is 0. The third-order valence-corrected chi connectivity index (χ3v) is 5.83. The summed E-state index contributed by atoms with van der Waals surface area (Å²) in [5, 5.41) is 5.50. The molecular formula is C18H21N3O2S2. The molecule has 0 unspecified atom stereocenters. The van der Waals surface area contributed by atoms with E-state index in [1.54, 1.807) is 16.7 Å². The molecule has 2 aromatic rings. The Hall–Kier alpha value is -1.86. The van der Waals surface area contributed by atoms with Crippen LogP contribution in [0.5, 0.6) is 0 Å². The first-order valence-electron chi connectivity index (χ1n) is 8.33. The van der Waals surface area contributed by atoms with Crippen molar-refractivity contribution in [2.75, 3.05) is 23.7 Å². The predicted octanol–water partition coefficient (Wildman–Crippen LogP) is 3.03. The molecule has 3 rings (SSSR count). The lowest BCUT2D eigenvalue weighted by Gasteiger charge is -2.10. The van der Waals surface area contributed by atoms with E-state index in [0.717, 1.165) is 24.4 Å². The van der Waals surface area contributed by atoms with Crippen molar-refractivity contribution in [3.8, 4) is 0 Å². The second-order valence-corrected chi connectivity index (χ2v) is 7.96. The molecule has 0 atom stereocenters. The van der Waals surface area contributed by atoms with Gasteiger partial charge in [-0.2, -0.15) is 0 Å². The maximum Gasteiger partial charge on any atom is 0.228 e. The van der Waals surface area contributed by atoms with Crippen LogP contribution in [-0.2, 0) is 16.0 Å². The van der Waals surface area contributed by atoms with Gasteiger partial charge in [0.25, 0.3) is 0 Å². The molecule has 0 spiro atoms. The van der Waals surface area contributed by atoms with Crippen LogP contribution in [0.2, 0.25) is 0 Å². The van der Waals surface area contributed by atoms with Gasteiger partial charge in [-0.1, -0.05) is 17.7 Å². The summed E-state index contributed by atoms with van der Waals surface area (Å²) in [7, 11) is 0. The number of benzene rings is 1. The average molecular weight is 376 g/mol. The molecule has 0 aliphatic carbocycles. The number of hydrogen-bond donors (Lipinski definition) is 1. The van der Waals surface area contributed by atoms with Gasteiger partial charge in [0, 0.05) is 35.5 Å². The Morgan fingerprint density at radius 3 is 2.88 bits per heavy atom. The Labute approximate surface area is 155 Å². The first-order chi connectivity index (χ1) is 12.1. The number of aromatic nitrogens is 1. The summed E-state index contributed by atoms with van der Waals surface area (Å²) in [4.78, 5) is 31.1. The molecular weight excluding hydrogens is 354 g/mol. The average Bonchev–Trinajstić information content (AvgIpc) is 3.22. The molecule has 1 saturated heterocycles. The lowest BCUT2D eigenvalue weighted by atomic mass is 10.2. The topological polar surface area (TPSA) is 62.3 Å². The van der Waals surface area contributed by atoms with E-state index in [2.05, 4.69) is 41.5 Å². The van der Waals surface area contributed by atoms with Crippen molar-refractivity contribution in [3.63, 3.8) is 0 Å². The van der Waals surface area contributed by atoms with Gasteiger partial charge in [-0.05, 0) is 25.5 Å². The highest BCUT2D eigenvalue weighted by molar-refractivity contribution is 7.99. The first kappa shape index (κ1) is 17.9. The van der Waals surface area contributed by atoms with E-state index in [1.807, 2.05) is 5.38 Å². The Morgan fingerprint density at radius 1 is 1.36 bits per heavy atom. The monoisotopic (exact) mass is 375 g/mol. The molecule has 1 aliphatic heterocycles. The van der Waals surface area contributed by atoms with Gasteiger partial charge in [-0.15, -0.1) is 23.1 Å². The van der Waals surface area contributed by atoms with Crippen LogP contribution in [0.15, 0.2) is 34.5 Å². The zero-order valence-electron chi connectivity index (χ0n) is 14.2. The van der Waals surface area contributed by atoms with Crippen LogP contribution in [0.1, 0.15) is 24.1 Å². The lowest BCUT2D eigenvalue weighted by molar-refractivity contribution is -0.120. The van der Waals surface area contributed by atoms with Crippen molar-refractivity contribution in [1.29, 1.82) is 0 Å². The molecule has 2 heterocycles. The van der Waals surface area contributed by atoms with Crippen molar-refractivity contribution in [2.45, 2.75) is 31.1 Å². The van der Waals surface area contributed by atoms with Gasteiger partial charge in [0.05, 0.1) is 12.1 Å². The Morgan fingerprint density at radius 2 is 2.16 bits per heavy atom. The van der Waals surface area contributed by atoms with Gasteiger partial charge >= 0.3 is 0 Å². The molecule has 1 N–H and O–H groups in total. The standard InChI is InChI=1S/C18H21N3O2S2/c1-13-4-6-15(7-5-13)24-10-8-19-16(22)11-14-12-25-18(20-14)21-9-2-3-17(21)23/h4-7,12H,2-3,8-11H2,1H3,(H,19,22). The highest BCUT2D eigenvalue weighted by Gasteiger charge is 2.24. The number of carbonyl (C=O) groups excluding carboxylic acids is 2. The molecule has 1 aromatic carbocycles. The molecule has 132 valence electrons. The van der Waals surface area contributed by atoms with Crippen LogP contribution >= 0.6 is 23.1 Å². The number of aryl methyl sites for hydroxylation is 1. The minimum atomic E-state index is -0.0332. The molecule has 2 amide bonds. The summed E-state index contributed by atoms with van der Waals surface area (Å²) in [6, 6.07) is 8.37. The van der Waals surface area contributed by atoms with Crippen molar-refractivity contribution >= 4 is 40.0 Å². The second kappa shape index (κ2) is 8.49. The molecule has 1 fully saturated rings. The third-order valence-electron chi connectivity index (χ3n) is 3.90. The minimum Gasteiger partial charge on any atom is -0.355 e. The molecule has 7 heteroatoms. The molecule has 1 aromatic heterocycles. The van der Waals surface area contributed by atoms with E-state index in [0.29, 0.717) is 18.1 Å². The van der Waals surface area contributed by atoms with Gasteiger partial charge in [0.15, 0.2) is 5.13 Å². The summed E-state index contributed by atoms with van der Waals surface area (Å²) in [6.07, 6.45) is 1.73. The van der Waals surface area contributed by atoms with Crippen LogP contribution in [0.25, 0.3) is 0 Å². The van der Waals surface area contributed by atoms with E-state index in [1.165, 1.54) is 21.8 Å². The van der Waals surface area contributed by atoms with Crippen LogP contribution in [-0.4, -0.2) is 35.6 Å². The predicted molar refractivity (Wildman–Crippen MR) is 102 cm³/mol. The van der Waals surface area contributed by atoms with Gasteiger partial charge in [0.1, 0.15) is 0 Å². The zero-order chi connectivity index (χ0) is 17.6. The number of thioether (sulfide) groups is 1. The van der Waals surface area contributed by atoms with Crippen LogP contribution in [0, 0.1) is 6.92 Å². The molecule has 1 aliphatic rings. The fraction of sp³-hybridized carbons (Fsp3) is 0.389. The van der Waals surface area contributed by atoms with Crippen molar-refractivity contribution in [2.24, 2.45) is 0 Å². The van der Waals surface area contributed by atoms with Crippen LogP contribution in [0.3, 0.4) is 0 Å². The number of thiazole rings is 1. The highest BCUT2D eigenvalue weighted by Crippen LogP contribution is 2.25. The largest absolute Gasteiger partial charge is 0.355 e. The van der Waals surface area contributed by atoms with Gasteiger partial charge in [-0.3, -0.25) is 14.5 Å². The normalized spacial score (nSPS) is 14.1. The lowest BCUT2D eigenvalue weighted by Crippen LogP contribution is -2.27. The maximum atomic E-state index is 12.0. The fourth-order valence-corrected chi connectivity index (χ4v) is 4.21. The zero-order valence-corrected chi connectivity index (χ0v) is 15.8. The van der Waals surface area contributed by atoms with Gasteiger partial charge < -0.3 is 5.32 Å². The Balaban J connectivity index is 1.40. The summed E-state index contributed by atoms with van der Waals surface area (Å²) in [5.41, 5.74) is 1.97. The second-order valence-electron chi connectivity index (χ2n) is 5.96. The Bertz CT molecular complexity index is 743. The maximum absolute atomic E-state index is 12.0. The van der Waals surface area contributed by atoms with Crippen LogP contribution in [0.4, 0.5) is 5.13 Å². The fourth-order valence-electron chi connectivity index (χ4n) is 2.57. The number of amides is 2. The third kappa shape index (κ3) is 5.06. The Kier molecular flexibility index (Phi) is 6.09. The van der Waals surface area contributed by atoms with E-state index >= 15 is 0 Å². The molecule has 0 saturated carbocycles. The quantitative estimate of drug-likeness (QED) is 0.597. The smallest absolute Gasteiger partial charge is 0.228 e. The highest BCUT2D eigenvalue weighted by atomic mass is 32.2. The summed E-state index contributed by atoms with van der Waals surface area (Å²) >= 11 is 3.16. The van der Waals surface area contributed by atoms with Gasteiger partial charge in [0.2, 0.25) is 11.8 Å². The van der Waals surface area contributed by atoms with Gasteiger partial charge in [-0.25, -0.2) is 4.98 Å². The number of carbonyl (C=O) groups is 2. The number of anilines is 1. The van der Waals surface area contributed by atoms with Crippen LogP contribution < -0.4 is 10.2 Å². The SMILES string of the molecule is Cc1ccc(SCCNC(=O)Cc2csc(N3CCCC3=O)n2)cc1. The van der Waals surface area contributed by atoms with Crippen molar-refractivity contribution in [1.82, 2.24) is 10.3 Å². The number of rotatable bonds is 7. The first-order valence-corrected chi connectivity index (χ1v) is 10.2. The molecule has 25 heavy (non-hydrogen) atoms. The molecule has 0 radical (unpaired) electrons. The molecule has 0 bridgehead atoms. The number of hydrogen-bond acceptors (Lipinski definition) is 5. The van der Waals surface area contributed by atoms with E-state index in [9.17, 15) is 9.59 Å². The van der Waals surface area contributed by atoms with Crippen molar-refractivity contribution < 1.29 is 9.59 Å². The number of nitrogens with zero attached hydrogens (tertiary/aromatic N) is 2. The summed E-state index contributed by atoms with van der Waals surface area (Å²) in [5.74, 6) is 0.923. The van der Waals surface area contributed by atoms with E-state index in [-0.39, 0.29) is 18.2 Å². The molecule has 5 nitrogen and oxygen atoms in total. The van der Waals surface area contributed by atoms with E-state index < -0.39 is 0 Å². The van der Waals surface area contributed by atoms with Crippen molar-refractivity contribution in [3.05, 3.63) is 40.9 Å². The minimum absolute atomic E-state index is 0.0332. The van der Waals surface area contributed by atoms with E-state index in [4.69, 9.17) is 0 Å². The summed E-state index contributed by atoms with van der Waals surface area (Å²) in [6.45, 7) is 3.42. The number of nitrogens with one attached hydrogen (secondary N) is 1.